The van der Waals surface area contributed by atoms with Gasteiger partial charge in [-0.3, -0.25) is 4.79 Å². The van der Waals surface area contributed by atoms with Crippen LogP contribution >= 0.6 is 0 Å². The number of carbonyl (C=O) groups excluding carboxylic acids is 1. The smallest absolute Gasteiger partial charge is 0.273 e. The second kappa shape index (κ2) is 9.35. The fourth-order valence-electron chi connectivity index (χ4n) is 3.02. The molecule has 1 atom stereocenters. The maximum atomic E-state index is 12.3. The quantitative estimate of drug-likeness (QED) is 0.748. The van der Waals surface area contributed by atoms with Crippen molar-refractivity contribution in [2.45, 2.75) is 31.9 Å². The molecule has 1 fully saturated rings. The van der Waals surface area contributed by atoms with E-state index in [1.54, 1.807) is 6.07 Å². The van der Waals surface area contributed by atoms with E-state index in [0.29, 0.717) is 12.3 Å². The van der Waals surface area contributed by atoms with Gasteiger partial charge in [0.2, 0.25) is 0 Å². The number of nitrogens with one attached hydrogen (secondary N) is 1. The SMILES string of the molecule is O=C(NC(CO)CN1CCCCC1)c1cc(COc2ccccc2)on1. The van der Waals surface area contributed by atoms with Gasteiger partial charge in [0, 0.05) is 12.6 Å². The Labute approximate surface area is 152 Å². The van der Waals surface area contributed by atoms with Gasteiger partial charge in [0.05, 0.1) is 12.6 Å². The molecule has 7 nitrogen and oxygen atoms in total. The molecule has 1 amide bonds. The predicted molar refractivity (Wildman–Crippen MR) is 95.9 cm³/mol. The van der Waals surface area contributed by atoms with Gasteiger partial charge in [0.15, 0.2) is 11.5 Å². The lowest BCUT2D eigenvalue weighted by molar-refractivity contribution is 0.0877. The summed E-state index contributed by atoms with van der Waals surface area (Å²) in [4.78, 5) is 14.6. The monoisotopic (exact) mass is 359 g/mol. The lowest BCUT2D eigenvalue weighted by atomic mass is 10.1. The van der Waals surface area contributed by atoms with E-state index in [0.717, 1.165) is 18.8 Å². The zero-order valence-corrected chi connectivity index (χ0v) is 14.8. The van der Waals surface area contributed by atoms with Crippen molar-refractivity contribution >= 4 is 5.91 Å². The van der Waals surface area contributed by atoms with Gasteiger partial charge < -0.3 is 24.6 Å². The molecule has 0 saturated carbocycles. The maximum absolute atomic E-state index is 12.3. The van der Waals surface area contributed by atoms with Crippen LogP contribution in [0.2, 0.25) is 0 Å². The lowest BCUT2D eigenvalue weighted by Gasteiger charge is -2.29. The van der Waals surface area contributed by atoms with E-state index in [-0.39, 0.29) is 30.9 Å². The van der Waals surface area contributed by atoms with Crippen molar-refractivity contribution < 1.29 is 19.2 Å². The highest BCUT2D eigenvalue weighted by molar-refractivity contribution is 5.92. The Kier molecular flexibility index (Phi) is 6.62. The van der Waals surface area contributed by atoms with Crippen molar-refractivity contribution in [1.82, 2.24) is 15.4 Å². The van der Waals surface area contributed by atoms with Crippen molar-refractivity contribution in [3.8, 4) is 5.75 Å². The number of hydrogen-bond donors (Lipinski definition) is 2. The number of nitrogens with zero attached hydrogens (tertiary/aromatic N) is 2. The zero-order chi connectivity index (χ0) is 18.2. The average molecular weight is 359 g/mol. The summed E-state index contributed by atoms with van der Waals surface area (Å²) in [5.74, 6) is 0.836. The summed E-state index contributed by atoms with van der Waals surface area (Å²) in [7, 11) is 0. The molecule has 0 aliphatic carbocycles. The van der Waals surface area contributed by atoms with Crippen LogP contribution in [0.15, 0.2) is 40.9 Å². The summed E-state index contributed by atoms with van der Waals surface area (Å²) in [6.07, 6.45) is 3.58. The van der Waals surface area contributed by atoms with E-state index in [4.69, 9.17) is 9.26 Å². The van der Waals surface area contributed by atoms with Gasteiger partial charge >= 0.3 is 0 Å². The fraction of sp³-hybridized carbons (Fsp3) is 0.474. The van der Waals surface area contributed by atoms with Crippen LogP contribution in [0.5, 0.6) is 5.75 Å². The van der Waals surface area contributed by atoms with Crippen LogP contribution in [-0.2, 0) is 6.61 Å². The molecule has 1 aliphatic heterocycles. The molecule has 140 valence electrons. The number of carbonyl (C=O) groups is 1. The number of benzene rings is 1. The lowest BCUT2D eigenvalue weighted by Crippen LogP contribution is -2.47. The normalized spacial score (nSPS) is 16.2. The number of aliphatic hydroxyl groups excluding tert-OH is 1. The molecule has 1 saturated heterocycles. The van der Waals surface area contributed by atoms with Crippen LogP contribution in [0, 0.1) is 0 Å². The first-order valence-electron chi connectivity index (χ1n) is 9.02. The van der Waals surface area contributed by atoms with E-state index < -0.39 is 0 Å². The second-order valence-electron chi connectivity index (χ2n) is 6.49. The largest absolute Gasteiger partial charge is 0.486 e. The Morgan fingerprint density at radius 2 is 2.04 bits per heavy atom. The van der Waals surface area contributed by atoms with E-state index >= 15 is 0 Å². The Hall–Kier alpha value is -2.38. The molecule has 3 rings (SSSR count). The summed E-state index contributed by atoms with van der Waals surface area (Å²) in [6.45, 7) is 2.75. The zero-order valence-electron chi connectivity index (χ0n) is 14.8. The molecule has 2 aromatic rings. The number of rotatable bonds is 8. The van der Waals surface area contributed by atoms with Crippen LogP contribution in [0.3, 0.4) is 0 Å². The molecule has 1 aromatic heterocycles. The number of para-hydroxylation sites is 1. The van der Waals surface area contributed by atoms with Gasteiger partial charge in [-0.25, -0.2) is 0 Å². The van der Waals surface area contributed by atoms with E-state index in [1.807, 2.05) is 30.3 Å². The van der Waals surface area contributed by atoms with Crippen molar-refractivity contribution in [1.29, 1.82) is 0 Å². The highest BCUT2D eigenvalue weighted by Crippen LogP contribution is 2.13. The average Bonchev–Trinajstić information content (AvgIpc) is 3.17. The third-order valence-electron chi connectivity index (χ3n) is 4.40. The van der Waals surface area contributed by atoms with Gasteiger partial charge in [-0.2, -0.15) is 0 Å². The summed E-state index contributed by atoms with van der Waals surface area (Å²) in [5.41, 5.74) is 0.189. The van der Waals surface area contributed by atoms with Crippen molar-refractivity contribution in [2.24, 2.45) is 0 Å². The topological polar surface area (TPSA) is 87.8 Å². The molecule has 1 aliphatic rings. The van der Waals surface area contributed by atoms with E-state index in [1.165, 1.54) is 19.3 Å². The van der Waals surface area contributed by atoms with Crippen LogP contribution in [0.4, 0.5) is 0 Å². The van der Waals surface area contributed by atoms with Gasteiger partial charge in [0.25, 0.3) is 5.91 Å². The minimum absolute atomic E-state index is 0.107. The number of amides is 1. The Morgan fingerprint density at radius 3 is 2.77 bits per heavy atom. The van der Waals surface area contributed by atoms with Crippen LogP contribution in [0.1, 0.15) is 35.5 Å². The Morgan fingerprint density at radius 1 is 1.27 bits per heavy atom. The number of hydrogen-bond acceptors (Lipinski definition) is 6. The van der Waals surface area contributed by atoms with E-state index in [9.17, 15) is 9.90 Å². The molecule has 1 aromatic carbocycles. The first kappa shape index (κ1) is 18.4. The fourth-order valence-corrected chi connectivity index (χ4v) is 3.02. The van der Waals surface area contributed by atoms with Crippen LogP contribution in [-0.4, -0.2) is 53.4 Å². The molecule has 0 bridgehead atoms. The number of ether oxygens (including phenoxy) is 1. The highest BCUT2D eigenvalue weighted by atomic mass is 16.5. The van der Waals surface area contributed by atoms with Gasteiger partial charge in [0.1, 0.15) is 12.4 Å². The summed E-state index contributed by atoms with van der Waals surface area (Å²) < 4.78 is 10.7. The molecule has 2 heterocycles. The van der Waals surface area contributed by atoms with Crippen molar-refractivity contribution in [2.75, 3.05) is 26.2 Å². The number of piperidine rings is 1. The van der Waals surface area contributed by atoms with Gasteiger partial charge in [-0.05, 0) is 38.1 Å². The number of aliphatic hydroxyl groups is 1. The second-order valence-corrected chi connectivity index (χ2v) is 6.49. The van der Waals surface area contributed by atoms with Gasteiger partial charge in [-0.1, -0.05) is 29.8 Å². The first-order valence-corrected chi connectivity index (χ1v) is 9.02. The molecule has 7 heteroatoms. The number of likely N-dealkylation sites (tertiary alicyclic amines) is 1. The number of aromatic nitrogens is 1. The molecular weight excluding hydrogens is 334 g/mol. The van der Waals surface area contributed by atoms with Crippen LogP contribution in [0.25, 0.3) is 0 Å². The molecule has 0 spiro atoms. The summed E-state index contributed by atoms with van der Waals surface area (Å²) in [5, 5.41) is 16.2. The first-order chi connectivity index (χ1) is 12.7. The Balaban J connectivity index is 1.50. The van der Waals surface area contributed by atoms with Crippen LogP contribution < -0.4 is 10.1 Å². The van der Waals surface area contributed by atoms with E-state index in [2.05, 4.69) is 15.4 Å². The maximum Gasteiger partial charge on any atom is 0.273 e. The minimum atomic E-state index is -0.351. The molecule has 2 N–H and O–H groups in total. The molecule has 1 unspecified atom stereocenters. The third kappa shape index (κ3) is 5.31. The van der Waals surface area contributed by atoms with Crippen molar-refractivity contribution in [3.63, 3.8) is 0 Å². The third-order valence-corrected chi connectivity index (χ3v) is 4.40. The molecular formula is C19H25N3O4. The minimum Gasteiger partial charge on any atom is -0.486 e. The van der Waals surface area contributed by atoms with Gasteiger partial charge in [-0.15, -0.1) is 0 Å². The standard InChI is InChI=1S/C19H25N3O4/c23-13-15(12-22-9-5-2-6-10-22)20-19(24)18-11-17(26-21-18)14-25-16-7-3-1-4-8-16/h1,3-4,7-8,11,15,23H,2,5-6,9-10,12-14H2,(H,20,24). The summed E-state index contributed by atoms with van der Waals surface area (Å²) >= 11 is 0. The highest BCUT2D eigenvalue weighted by Gasteiger charge is 2.20. The molecule has 0 radical (unpaired) electrons. The predicted octanol–water partition coefficient (Wildman–Crippen LogP) is 1.83. The Bertz CT molecular complexity index is 683. The van der Waals surface area contributed by atoms with Crippen molar-refractivity contribution in [3.05, 3.63) is 47.9 Å². The summed E-state index contributed by atoms with van der Waals surface area (Å²) in [6, 6.07) is 10.6. The molecule has 26 heavy (non-hydrogen) atoms.